The number of urea groups is 1. The van der Waals surface area contributed by atoms with Crippen LogP contribution in [0.2, 0.25) is 0 Å². The lowest BCUT2D eigenvalue weighted by atomic mass is 10.2. The fourth-order valence-electron chi connectivity index (χ4n) is 1.99. The number of aliphatic carboxylic acids is 1. The number of likely N-dealkylation sites (tertiary alicyclic amines) is 1. The average Bonchev–Trinajstić information content (AvgIpc) is 2.70. The summed E-state index contributed by atoms with van der Waals surface area (Å²) in [4.78, 5) is 36.9. The van der Waals surface area contributed by atoms with E-state index in [-0.39, 0.29) is 18.9 Å². The maximum Gasteiger partial charge on any atom is 0.326 e. The van der Waals surface area contributed by atoms with Crippen LogP contribution in [0.1, 0.15) is 13.3 Å². The Morgan fingerprint density at radius 1 is 1.37 bits per heavy atom. The minimum absolute atomic E-state index is 0.00123. The Bertz CT molecular complexity index is 385. The summed E-state index contributed by atoms with van der Waals surface area (Å²) in [5, 5.41) is 20.8. The lowest BCUT2D eigenvalue weighted by Crippen LogP contribution is -2.52. The van der Waals surface area contributed by atoms with Gasteiger partial charge in [0.05, 0.1) is 6.10 Å². The van der Waals surface area contributed by atoms with Gasteiger partial charge < -0.3 is 25.3 Å². The number of hydrogen-bond acceptors (Lipinski definition) is 4. The maximum absolute atomic E-state index is 11.9. The molecule has 0 bridgehead atoms. The zero-order chi connectivity index (χ0) is 14.7. The summed E-state index contributed by atoms with van der Waals surface area (Å²) in [5.41, 5.74) is 0. The molecule has 1 saturated heterocycles. The van der Waals surface area contributed by atoms with E-state index in [0.29, 0.717) is 0 Å². The molecule has 8 nitrogen and oxygen atoms in total. The molecular formula is C11H19N3O5. The number of hydrogen-bond donors (Lipinski definition) is 3. The van der Waals surface area contributed by atoms with Gasteiger partial charge in [-0.15, -0.1) is 0 Å². The fourth-order valence-corrected chi connectivity index (χ4v) is 1.99. The van der Waals surface area contributed by atoms with Crippen molar-refractivity contribution in [2.24, 2.45) is 0 Å². The first-order valence-electron chi connectivity index (χ1n) is 5.93. The summed E-state index contributed by atoms with van der Waals surface area (Å²) in [6, 6.07) is -2.47. The summed E-state index contributed by atoms with van der Waals surface area (Å²) in [6.07, 6.45) is -0.856. The monoisotopic (exact) mass is 273 g/mol. The van der Waals surface area contributed by atoms with Crippen molar-refractivity contribution in [1.82, 2.24) is 15.1 Å². The number of aliphatic hydroxyl groups is 1. The Kier molecular flexibility index (Phi) is 4.71. The summed E-state index contributed by atoms with van der Waals surface area (Å²) in [7, 11) is 3.12. The van der Waals surface area contributed by atoms with Crippen molar-refractivity contribution in [3.05, 3.63) is 0 Å². The second-order valence-corrected chi connectivity index (χ2v) is 4.80. The number of likely N-dealkylation sites (N-methyl/N-ethyl adjacent to an activating group) is 1. The van der Waals surface area contributed by atoms with E-state index in [2.05, 4.69) is 5.32 Å². The highest BCUT2D eigenvalue weighted by Gasteiger charge is 2.39. The number of carboxylic acid groups (broad SMARTS) is 1. The molecule has 1 aliphatic rings. The van der Waals surface area contributed by atoms with Gasteiger partial charge in [-0.2, -0.15) is 0 Å². The number of nitrogens with zero attached hydrogens (tertiary/aromatic N) is 2. The zero-order valence-electron chi connectivity index (χ0n) is 11.2. The molecule has 1 rings (SSSR count). The highest BCUT2D eigenvalue weighted by molar-refractivity contribution is 5.88. The zero-order valence-corrected chi connectivity index (χ0v) is 11.2. The van der Waals surface area contributed by atoms with Crippen LogP contribution in [0.3, 0.4) is 0 Å². The Balaban J connectivity index is 2.67. The van der Waals surface area contributed by atoms with Crippen molar-refractivity contribution in [3.8, 4) is 0 Å². The van der Waals surface area contributed by atoms with Gasteiger partial charge in [0.25, 0.3) is 0 Å². The molecular weight excluding hydrogens is 254 g/mol. The number of carbonyl (C=O) groups is 3. The van der Waals surface area contributed by atoms with Crippen LogP contribution in [0, 0.1) is 0 Å². The van der Waals surface area contributed by atoms with Gasteiger partial charge in [0.15, 0.2) is 0 Å². The first-order chi connectivity index (χ1) is 8.73. The average molecular weight is 273 g/mol. The topological polar surface area (TPSA) is 110 Å². The van der Waals surface area contributed by atoms with E-state index in [9.17, 15) is 19.5 Å². The van der Waals surface area contributed by atoms with Crippen molar-refractivity contribution in [3.63, 3.8) is 0 Å². The largest absolute Gasteiger partial charge is 0.480 e. The van der Waals surface area contributed by atoms with E-state index >= 15 is 0 Å². The maximum atomic E-state index is 11.9. The van der Waals surface area contributed by atoms with E-state index in [4.69, 9.17) is 5.11 Å². The third-order valence-corrected chi connectivity index (χ3v) is 2.98. The standard InChI is InChI=1S/C11H19N3O5/c1-6(9(16)13(2)3)12-11(19)14-5-7(15)4-8(14)10(17)18/h6-8,15H,4-5H2,1-3H3,(H,12,19)(H,17,18)/t6?,7-,8+/m1/s1. The molecule has 0 aromatic rings. The number of nitrogens with one attached hydrogen (secondary N) is 1. The predicted molar refractivity (Wildman–Crippen MR) is 65.4 cm³/mol. The number of carboxylic acids is 1. The van der Waals surface area contributed by atoms with Crippen LogP contribution in [-0.4, -0.2) is 76.7 Å². The normalized spacial score (nSPS) is 23.9. The van der Waals surface area contributed by atoms with E-state index in [1.54, 1.807) is 14.1 Å². The minimum Gasteiger partial charge on any atom is -0.480 e. The molecule has 1 heterocycles. The Morgan fingerprint density at radius 3 is 2.42 bits per heavy atom. The smallest absolute Gasteiger partial charge is 0.326 e. The van der Waals surface area contributed by atoms with Gasteiger partial charge in [0.1, 0.15) is 12.1 Å². The molecule has 0 aromatic carbocycles. The molecule has 3 atom stereocenters. The summed E-state index contributed by atoms with van der Waals surface area (Å²) in [5.74, 6) is -1.46. The Hall–Kier alpha value is -1.83. The van der Waals surface area contributed by atoms with Crippen molar-refractivity contribution in [2.75, 3.05) is 20.6 Å². The van der Waals surface area contributed by atoms with Crippen molar-refractivity contribution in [1.29, 1.82) is 0 Å². The molecule has 8 heteroatoms. The van der Waals surface area contributed by atoms with Crippen LogP contribution < -0.4 is 5.32 Å². The van der Waals surface area contributed by atoms with Crippen molar-refractivity contribution in [2.45, 2.75) is 31.5 Å². The van der Waals surface area contributed by atoms with Crippen molar-refractivity contribution < 1.29 is 24.6 Å². The van der Waals surface area contributed by atoms with Crippen LogP contribution in [-0.2, 0) is 9.59 Å². The summed E-state index contributed by atoms with van der Waals surface area (Å²) < 4.78 is 0. The predicted octanol–water partition coefficient (Wildman–Crippen LogP) is -1.31. The van der Waals surface area contributed by atoms with Crippen LogP contribution in [0.5, 0.6) is 0 Å². The Labute approximate surface area is 111 Å². The van der Waals surface area contributed by atoms with Crippen LogP contribution in [0.4, 0.5) is 4.79 Å². The number of β-amino-alcohol motifs (C(OH)–C–C–N with tert-alkyl or cyclic N) is 1. The number of carbonyl (C=O) groups excluding carboxylic acids is 2. The van der Waals surface area contributed by atoms with Gasteiger partial charge >= 0.3 is 12.0 Å². The van der Waals surface area contributed by atoms with Crippen molar-refractivity contribution >= 4 is 17.9 Å². The van der Waals surface area contributed by atoms with Gasteiger partial charge in [0, 0.05) is 27.1 Å². The highest BCUT2D eigenvalue weighted by Crippen LogP contribution is 2.18. The Morgan fingerprint density at radius 2 is 1.95 bits per heavy atom. The molecule has 19 heavy (non-hydrogen) atoms. The van der Waals surface area contributed by atoms with Crippen LogP contribution in [0.25, 0.3) is 0 Å². The van der Waals surface area contributed by atoms with Gasteiger partial charge in [-0.1, -0.05) is 0 Å². The van der Waals surface area contributed by atoms with Gasteiger partial charge in [-0.3, -0.25) is 4.79 Å². The van der Waals surface area contributed by atoms with Crippen LogP contribution >= 0.6 is 0 Å². The lowest BCUT2D eigenvalue weighted by Gasteiger charge is -2.25. The van der Waals surface area contributed by atoms with Gasteiger partial charge in [-0.25, -0.2) is 9.59 Å². The molecule has 0 aromatic heterocycles. The van der Waals surface area contributed by atoms with E-state index < -0.39 is 30.2 Å². The molecule has 1 aliphatic heterocycles. The second-order valence-electron chi connectivity index (χ2n) is 4.80. The first-order valence-corrected chi connectivity index (χ1v) is 5.93. The third-order valence-electron chi connectivity index (χ3n) is 2.98. The second kappa shape index (κ2) is 5.87. The molecule has 0 spiro atoms. The van der Waals surface area contributed by atoms with Gasteiger partial charge in [-0.05, 0) is 6.92 Å². The quantitative estimate of drug-likeness (QED) is 0.591. The molecule has 0 radical (unpaired) electrons. The molecule has 3 N–H and O–H groups in total. The lowest BCUT2D eigenvalue weighted by molar-refractivity contribution is -0.141. The van der Waals surface area contributed by atoms with Crippen LogP contribution in [0.15, 0.2) is 0 Å². The SMILES string of the molecule is CC(NC(=O)N1C[C@H](O)C[C@H]1C(=O)O)C(=O)N(C)C. The number of rotatable bonds is 3. The molecule has 3 amide bonds. The van der Waals surface area contributed by atoms with E-state index in [1.165, 1.54) is 11.8 Å². The minimum atomic E-state index is -1.17. The molecule has 108 valence electrons. The molecule has 0 saturated carbocycles. The molecule has 0 aliphatic carbocycles. The number of amides is 3. The van der Waals surface area contributed by atoms with E-state index in [0.717, 1.165) is 4.90 Å². The van der Waals surface area contributed by atoms with E-state index in [1.807, 2.05) is 0 Å². The van der Waals surface area contributed by atoms with Gasteiger partial charge in [0.2, 0.25) is 5.91 Å². The number of aliphatic hydroxyl groups excluding tert-OH is 1. The summed E-state index contributed by atoms with van der Waals surface area (Å²) >= 11 is 0. The first kappa shape index (κ1) is 15.2. The third kappa shape index (κ3) is 3.57. The fraction of sp³-hybridized carbons (Fsp3) is 0.727. The summed E-state index contributed by atoms with van der Waals surface area (Å²) in [6.45, 7) is 1.47. The molecule has 1 unspecified atom stereocenters. The highest BCUT2D eigenvalue weighted by atomic mass is 16.4. The molecule has 1 fully saturated rings.